The van der Waals surface area contributed by atoms with Crippen molar-refractivity contribution in [3.8, 4) is 0 Å². The van der Waals surface area contributed by atoms with E-state index >= 15 is 0 Å². The molecule has 1 saturated heterocycles. The Morgan fingerprint density at radius 1 is 1.47 bits per heavy atom. The molecule has 116 valence electrons. The summed E-state index contributed by atoms with van der Waals surface area (Å²) in [4.78, 5) is 10.8. The van der Waals surface area contributed by atoms with Crippen LogP contribution in [0, 0.1) is 0 Å². The molecule has 0 aliphatic carbocycles. The molecule has 1 heterocycles. The minimum atomic E-state index is -4.16. The average molecular weight is 300 g/mol. The van der Waals surface area contributed by atoms with Crippen LogP contribution in [0.4, 0.5) is 0 Å². The standard InChI is InChI=1S/C7H14N2O2.C2H6.CH4O4S/c8-5-6(10)9-7-3-1-2-4-11-7;1-2;1-5-6(2,3)4/h7H,1-5,8H2,(H,9,10);1-2H3;1H3,(H,2,3,4)/t7-;;/m1../s1. The second-order valence-electron chi connectivity index (χ2n) is 3.22. The highest BCUT2D eigenvalue weighted by Crippen LogP contribution is 2.09. The first-order chi connectivity index (χ1) is 8.89. The van der Waals surface area contributed by atoms with Gasteiger partial charge in [-0.3, -0.25) is 13.5 Å². The van der Waals surface area contributed by atoms with Gasteiger partial charge in [-0.2, -0.15) is 8.42 Å². The zero-order chi connectivity index (χ0) is 15.3. The smallest absolute Gasteiger partial charge is 0.359 e. The molecule has 0 saturated carbocycles. The summed E-state index contributed by atoms with van der Waals surface area (Å²) in [5.41, 5.74) is 5.12. The largest absolute Gasteiger partial charge is 0.397 e. The van der Waals surface area contributed by atoms with Gasteiger partial charge in [0, 0.05) is 6.61 Å². The van der Waals surface area contributed by atoms with E-state index in [0.717, 1.165) is 33.0 Å². The van der Waals surface area contributed by atoms with Gasteiger partial charge in [-0.1, -0.05) is 13.8 Å². The molecular formula is C10H24N2O6S. The van der Waals surface area contributed by atoms with E-state index in [0.29, 0.717) is 0 Å². The van der Waals surface area contributed by atoms with E-state index in [2.05, 4.69) is 9.50 Å². The molecule has 19 heavy (non-hydrogen) atoms. The molecule has 0 aromatic heterocycles. The Labute approximate surface area is 114 Å². The third-order valence-electron chi connectivity index (χ3n) is 1.90. The van der Waals surface area contributed by atoms with Gasteiger partial charge < -0.3 is 15.8 Å². The summed E-state index contributed by atoms with van der Waals surface area (Å²) in [6, 6.07) is 0. The fourth-order valence-corrected chi connectivity index (χ4v) is 1.09. The summed E-state index contributed by atoms with van der Waals surface area (Å²) in [6.45, 7) is 4.79. The van der Waals surface area contributed by atoms with Crippen LogP contribution in [0.5, 0.6) is 0 Å². The molecule has 1 amide bonds. The van der Waals surface area contributed by atoms with Crippen molar-refractivity contribution in [3.63, 3.8) is 0 Å². The number of rotatable bonds is 3. The average Bonchev–Trinajstić information content (AvgIpc) is 2.42. The lowest BCUT2D eigenvalue weighted by Gasteiger charge is -2.22. The molecule has 1 rings (SSSR count). The summed E-state index contributed by atoms with van der Waals surface area (Å²) in [5.74, 6) is -0.142. The second kappa shape index (κ2) is 12.3. The molecule has 1 aliphatic heterocycles. The van der Waals surface area contributed by atoms with E-state index in [1.165, 1.54) is 0 Å². The third-order valence-corrected chi connectivity index (χ3v) is 2.32. The lowest BCUT2D eigenvalue weighted by molar-refractivity contribution is -0.125. The number of amides is 1. The Hall–Kier alpha value is -0.740. The number of ether oxygens (including phenoxy) is 1. The van der Waals surface area contributed by atoms with Crippen molar-refractivity contribution in [3.05, 3.63) is 0 Å². The molecule has 1 fully saturated rings. The molecule has 0 aromatic rings. The van der Waals surface area contributed by atoms with Gasteiger partial charge in [-0.05, 0) is 19.3 Å². The molecule has 0 radical (unpaired) electrons. The van der Waals surface area contributed by atoms with Gasteiger partial charge in [0.2, 0.25) is 5.91 Å². The first-order valence-corrected chi connectivity index (χ1v) is 7.39. The number of hydrogen-bond acceptors (Lipinski definition) is 6. The van der Waals surface area contributed by atoms with Crippen molar-refractivity contribution >= 4 is 16.3 Å². The van der Waals surface area contributed by atoms with Crippen LogP contribution >= 0.6 is 0 Å². The minimum absolute atomic E-state index is 0.0415. The van der Waals surface area contributed by atoms with Crippen LogP contribution < -0.4 is 11.1 Å². The van der Waals surface area contributed by atoms with Crippen LogP contribution in [0.25, 0.3) is 0 Å². The molecule has 0 aromatic carbocycles. The third kappa shape index (κ3) is 15.2. The summed E-state index contributed by atoms with van der Waals surface area (Å²) in [7, 11) is -3.29. The van der Waals surface area contributed by atoms with Gasteiger partial charge in [0.15, 0.2) is 0 Å². The maximum absolute atomic E-state index is 10.8. The molecule has 0 unspecified atom stereocenters. The number of nitrogens with two attached hydrogens (primary N) is 1. The van der Waals surface area contributed by atoms with E-state index in [-0.39, 0.29) is 18.7 Å². The monoisotopic (exact) mass is 300 g/mol. The number of carbonyl (C=O) groups excluding carboxylic acids is 1. The van der Waals surface area contributed by atoms with E-state index < -0.39 is 10.4 Å². The summed E-state index contributed by atoms with van der Waals surface area (Å²) in [5, 5.41) is 2.68. The second-order valence-corrected chi connectivity index (χ2v) is 4.41. The predicted molar refractivity (Wildman–Crippen MR) is 70.7 cm³/mol. The Balaban J connectivity index is 0. The summed E-state index contributed by atoms with van der Waals surface area (Å²) < 4.78 is 35.0. The van der Waals surface area contributed by atoms with Crippen LogP contribution in [0.2, 0.25) is 0 Å². The normalized spacial score (nSPS) is 18.3. The zero-order valence-corrected chi connectivity index (χ0v) is 12.4. The minimum Gasteiger partial charge on any atom is -0.359 e. The SMILES string of the molecule is CC.COS(=O)(=O)O.NCC(=O)N[C@H]1CCCCO1. The fraction of sp³-hybridized carbons (Fsp3) is 0.900. The van der Waals surface area contributed by atoms with Crippen molar-refractivity contribution in [1.82, 2.24) is 5.32 Å². The molecule has 1 aliphatic rings. The molecule has 9 heteroatoms. The Morgan fingerprint density at radius 2 is 2.00 bits per heavy atom. The molecule has 8 nitrogen and oxygen atoms in total. The molecular weight excluding hydrogens is 276 g/mol. The van der Waals surface area contributed by atoms with Crippen LogP contribution in [0.1, 0.15) is 33.1 Å². The van der Waals surface area contributed by atoms with E-state index in [1.54, 1.807) is 0 Å². The van der Waals surface area contributed by atoms with Crippen molar-refractivity contribution in [2.24, 2.45) is 5.73 Å². The molecule has 1 atom stereocenters. The highest BCUT2D eigenvalue weighted by Gasteiger charge is 2.14. The quantitative estimate of drug-likeness (QED) is 0.628. The molecule has 0 spiro atoms. The molecule has 4 N–H and O–H groups in total. The van der Waals surface area contributed by atoms with E-state index in [4.69, 9.17) is 15.0 Å². The van der Waals surface area contributed by atoms with E-state index in [9.17, 15) is 13.2 Å². The van der Waals surface area contributed by atoms with Crippen LogP contribution in [0.3, 0.4) is 0 Å². The predicted octanol–water partition coefficient (Wildman–Crippen LogP) is 0.0497. The maximum atomic E-state index is 10.8. The summed E-state index contributed by atoms with van der Waals surface area (Å²) in [6.07, 6.45) is 3.02. The topological polar surface area (TPSA) is 128 Å². The molecule has 0 bridgehead atoms. The lowest BCUT2D eigenvalue weighted by atomic mass is 10.2. The van der Waals surface area contributed by atoms with Gasteiger partial charge in [0.25, 0.3) is 0 Å². The van der Waals surface area contributed by atoms with Crippen molar-refractivity contribution in [1.29, 1.82) is 0 Å². The van der Waals surface area contributed by atoms with Crippen LogP contribution in [0.15, 0.2) is 0 Å². The Bertz CT molecular complexity index is 314. The summed E-state index contributed by atoms with van der Waals surface area (Å²) >= 11 is 0. The number of nitrogens with one attached hydrogen (secondary N) is 1. The van der Waals surface area contributed by atoms with Gasteiger partial charge in [-0.15, -0.1) is 0 Å². The van der Waals surface area contributed by atoms with Crippen molar-refractivity contribution < 1.29 is 26.7 Å². The lowest BCUT2D eigenvalue weighted by Crippen LogP contribution is -2.41. The first kappa shape index (κ1) is 20.6. The van der Waals surface area contributed by atoms with Gasteiger partial charge in [0.05, 0.1) is 13.7 Å². The number of hydrogen-bond donors (Lipinski definition) is 3. The van der Waals surface area contributed by atoms with Gasteiger partial charge >= 0.3 is 10.4 Å². The Kier molecular flexibility index (Phi) is 13.3. The highest BCUT2D eigenvalue weighted by molar-refractivity contribution is 7.80. The maximum Gasteiger partial charge on any atom is 0.397 e. The van der Waals surface area contributed by atoms with Crippen molar-refractivity contribution in [2.45, 2.75) is 39.3 Å². The fourth-order valence-electron chi connectivity index (χ4n) is 1.09. The highest BCUT2D eigenvalue weighted by atomic mass is 32.3. The van der Waals surface area contributed by atoms with Gasteiger partial charge in [-0.25, -0.2) is 0 Å². The van der Waals surface area contributed by atoms with Crippen LogP contribution in [-0.2, 0) is 24.1 Å². The number of carbonyl (C=O) groups is 1. The first-order valence-electron chi connectivity index (χ1n) is 6.03. The van der Waals surface area contributed by atoms with Crippen molar-refractivity contribution in [2.75, 3.05) is 20.3 Å². The van der Waals surface area contributed by atoms with E-state index in [1.807, 2.05) is 13.8 Å². The van der Waals surface area contributed by atoms with Crippen LogP contribution in [-0.4, -0.2) is 45.4 Å². The zero-order valence-electron chi connectivity index (χ0n) is 11.6. The Morgan fingerprint density at radius 3 is 2.32 bits per heavy atom. The van der Waals surface area contributed by atoms with Gasteiger partial charge in [0.1, 0.15) is 6.23 Å².